The second-order valence-electron chi connectivity index (χ2n) is 8.42. The summed E-state index contributed by atoms with van der Waals surface area (Å²) in [7, 11) is -3.87. The van der Waals surface area contributed by atoms with Gasteiger partial charge in [-0.2, -0.15) is 10.2 Å². The maximum Gasteiger partial charge on any atom is 0.265 e. The molecule has 1 atom stereocenters. The molecule has 0 aliphatic rings. The minimum Gasteiger partial charge on any atom is -0.324 e. The lowest BCUT2D eigenvalue weighted by Crippen LogP contribution is -2.25. The number of anilines is 2. The Morgan fingerprint density at radius 3 is 2.39 bits per heavy atom. The van der Waals surface area contributed by atoms with Gasteiger partial charge < -0.3 is 5.32 Å². The number of nitrogens with zero attached hydrogens (tertiary/aromatic N) is 4. The number of hydrogen-bond donors (Lipinski definition) is 2. The van der Waals surface area contributed by atoms with Crippen molar-refractivity contribution in [1.29, 1.82) is 0 Å². The molecule has 2 aromatic heterocycles. The van der Waals surface area contributed by atoms with Gasteiger partial charge in [0.25, 0.3) is 10.0 Å². The van der Waals surface area contributed by atoms with Gasteiger partial charge in [-0.3, -0.25) is 18.9 Å². The first kappa shape index (κ1) is 22.5. The summed E-state index contributed by atoms with van der Waals surface area (Å²) >= 11 is 0. The van der Waals surface area contributed by atoms with Crippen molar-refractivity contribution < 1.29 is 13.2 Å². The standard InChI is InChI=1S/C21H28N6O3S/c1-14-19(15(2)27(24-14)21(4,5)6)31(29,30)25-18-10-7-9-17(13-18)23-20(28)16(3)26-12-8-11-22-26/h7-13,16,25H,1-6H3,(H,23,28). The van der Waals surface area contributed by atoms with E-state index < -0.39 is 16.1 Å². The van der Waals surface area contributed by atoms with Crippen molar-refractivity contribution in [3.8, 4) is 0 Å². The zero-order valence-corrected chi connectivity index (χ0v) is 19.4. The van der Waals surface area contributed by atoms with Crippen LogP contribution in [0.25, 0.3) is 0 Å². The average Bonchev–Trinajstić information content (AvgIpc) is 3.28. The molecule has 0 aliphatic carbocycles. The van der Waals surface area contributed by atoms with Crippen LogP contribution >= 0.6 is 0 Å². The molecule has 1 amide bonds. The lowest BCUT2D eigenvalue weighted by molar-refractivity contribution is -0.119. The lowest BCUT2D eigenvalue weighted by atomic mass is 10.1. The first-order valence-electron chi connectivity index (χ1n) is 9.90. The number of carbonyl (C=O) groups is 1. The van der Waals surface area contributed by atoms with E-state index in [1.54, 1.807) is 72.9 Å². The van der Waals surface area contributed by atoms with Gasteiger partial charge in [0.15, 0.2) is 0 Å². The number of carbonyl (C=O) groups excluding carboxylic acids is 1. The minimum absolute atomic E-state index is 0.157. The lowest BCUT2D eigenvalue weighted by Gasteiger charge is -2.21. The Morgan fingerprint density at radius 1 is 1.13 bits per heavy atom. The Morgan fingerprint density at radius 2 is 1.81 bits per heavy atom. The van der Waals surface area contributed by atoms with Gasteiger partial charge in [-0.1, -0.05) is 6.07 Å². The van der Waals surface area contributed by atoms with Gasteiger partial charge in [0.2, 0.25) is 5.91 Å². The SMILES string of the molecule is Cc1nn(C(C)(C)C)c(C)c1S(=O)(=O)Nc1cccc(NC(=O)C(C)n2cccn2)c1. The van der Waals surface area contributed by atoms with Crippen molar-refractivity contribution in [2.45, 2.75) is 58.0 Å². The molecule has 0 radical (unpaired) electrons. The van der Waals surface area contributed by atoms with E-state index >= 15 is 0 Å². The number of hydrogen-bond acceptors (Lipinski definition) is 5. The summed E-state index contributed by atoms with van der Waals surface area (Å²) in [5.41, 5.74) is 1.46. The van der Waals surface area contributed by atoms with Crippen molar-refractivity contribution in [2.75, 3.05) is 10.0 Å². The highest BCUT2D eigenvalue weighted by atomic mass is 32.2. The summed E-state index contributed by atoms with van der Waals surface area (Å²) in [6.45, 7) is 11.0. The molecular weight excluding hydrogens is 416 g/mol. The van der Waals surface area contributed by atoms with E-state index in [4.69, 9.17) is 0 Å². The molecule has 2 heterocycles. The smallest absolute Gasteiger partial charge is 0.265 e. The maximum absolute atomic E-state index is 13.1. The van der Waals surface area contributed by atoms with Crippen LogP contribution in [0.3, 0.4) is 0 Å². The summed E-state index contributed by atoms with van der Waals surface area (Å²) in [4.78, 5) is 12.6. The van der Waals surface area contributed by atoms with Crippen molar-refractivity contribution in [2.24, 2.45) is 0 Å². The second kappa shape index (κ2) is 8.18. The van der Waals surface area contributed by atoms with Gasteiger partial charge in [0.05, 0.1) is 22.6 Å². The van der Waals surface area contributed by atoms with Crippen LogP contribution in [0.5, 0.6) is 0 Å². The number of sulfonamides is 1. The van der Waals surface area contributed by atoms with Gasteiger partial charge in [-0.15, -0.1) is 0 Å². The molecule has 166 valence electrons. The van der Waals surface area contributed by atoms with Gasteiger partial charge in [-0.25, -0.2) is 8.42 Å². The molecule has 9 nitrogen and oxygen atoms in total. The van der Waals surface area contributed by atoms with E-state index in [0.717, 1.165) is 0 Å². The molecule has 31 heavy (non-hydrogen) atoms. The fraction of sp³-hybridized carbons (Fsp3) is 0.381. The van der Waals surface area contributed by atoms with Crippen LogP contribution in [-0.4, -0.2) is 33.9 Å². The molecule has 0 spiro atoms. The molecule has 0 bridgehead atoms. The first-order chi connectivity index (χ1) is 14.4. The number of benzene rings is 1. The zero-order valence-electron chi connectivity index (χ0n) is 18.5. The predicted molar refractivity (Wildman–Crippen MR) is 120 cm³/mol. The molecule has 1 unspecified atom stereocenters. The predicted octanol–water partition coefficient (Wildman–Crippen LogP) is 3.45. The molecule has 0 aliphatic heterocycles. The van der Waals surface area contributed by atoms with E-state index in [-0.39, 0.29) is 16.3 Å². The topological polar surface area (TPSA) is 111 Å². The summed E-state index contributed by atoms with van der Waals surface area (Å²) in [5, 5.41) is 11.3. The molecule has 3 rings (SSSR count). The molecule has 10 heteroatoms. The fourth-order valence-corrected chi connectivity index (χ4v) is 4.86. The van der Waals surface area contributed by atoms with Gasteiger partial charge >= 0.3 is 0 Å². The third-order valence-electron chi connectivity index (χ3n) is 4.81. The first-order valence-corrected chi connectivity index (χ1v) is 11.4. The highest BCUT2D eigenvalue weighted by Gasteiger charge is 2.28. The van der Waals surface area contributed by atoms with Crippen molar-refractivity contribution in [3.05, 3.63) is 54.1 Å². The Hall–Kier alpha value is -3.14. The van der Waals surface area contributed by atoms with Crippen LogP contribution in [0.1, 0.15) is 45.1 Å². The summed E-state index contributed by atoms with van der Waals surface area (Å²) in [6, 6.07) is 7.80. The van der Waals surface area contributed by atoms with Crippen LogP contribution in [0, 0.1) is 13.8 Å². The zero-order chi connectivity index (χ0) is 23.0. The quantitative estimate of drug-likeness (QED) is 0.605. The average molecular weight is 445 g/mol. The summed E-state index contributed by atoms with van der Waals surface area (Å²) in [5.74, 6) is -0.262. The van der Waals surface area contributed by atoms with Gasteiger partial charge in [0.1, 0.15) is 10.9 Å². The van der Waals surface area contributed by atoms with E-state index in [9.17, 15) is 13.2 Å². The number of aryl methyl sites for hydroxylation is 1. The summed E-state index contributed by atoms with van der Waals surface area (Å²) < 4.78 is 32.1. The van der Waals surface area contributed by atoms with Crippen molar-refractivity contribution >= 4 is 27.3 Å². The van der Waals surface area contributed by atoms with Crippen LogP contribution in [-0.2, 0) is 20.4 Å². The molecule has 0 saturated heterocycles. The van der Waals surface area contributed by atoms with Gasteiger partial charge in [0, 0.05) is 18.1 Å². The molecule has 0 fully saturated rings. The van der Waals surface area contributed by atoms with Crippen LogP contribution in [0.2, 0.25) is 0 Å². The van der Waals surface area contributed by atoms with E-state index in [2.05, 4.69) is 20.2 Å². The van der Waals surface area contributed by atoms with Crippen molar-refractivity contribution in [3.63, 3.8) is 0 Å². The Labute approximate surface area is 182 Å². The van der Waals surface area contributed by atoms with E-state index in [0.29, 0.717) is 22.8 Å². The highest BCUT2D eigenvalue weighted by Crippen LogP contribution is 2.27. The number of amides is 1. The molecule has 1 aromatic carbocycles. The van der Waals surface area contributed by atoms with Crippen LogP contribution < -0.4 is 10.0 Å². The fourth-order valence-electron chi connectivity index (χ4n) is 3.41. The van der Waals surface area contributed by atoms with E-state index in [1.165, 1.54) is 0 Å². The largest absolute Gasteiger partial charge is 0.324 e. The third kappa shape index (κ3) is 4.79. The third-order valence-corrected chi connectivity index (χ3v) is 6.45. The monoisotopic (exact) mass is 444 g/mol. The second-order valence-corrected chi connectivity index (χ2v) is 10.0. The number of rotatable bonds is 6. The van der Waals surface area contributed by atoms with Crippen molar-refractivity contribution in [1.82, 2.24) is 19.6 Å². The highest BCUT2D eigenvalue weighted by molar-refractivity contribution is 7.92. The molecule has 3 aromatic rings. The molecule has 2 N–H and O–H groups in total. The Bertz CT molecular complexity index is 1190. The maximum atomic E-state index is 13.1. The normalized spacial score (nSPS) is 13.1. The Balaban J connectivity index is 1.82. The van der Waals surface area contributed by atoms with E-state index in [1.807, 2.05) is 20.8 Å². The number of nitrogens with one attached hydrogen (secondary N) is 2. The Kier molecular flexibility index (Phi) is 5.95. The van der Waals surface area contributed by atoms with Crippen LogP contribution in [0.4, 0.5) is 11.4 Å². The number of aromatic nitrogens is 4. The molecular formula is C21H28N6O3S. The summed E-state index contributed by atoms with van der Waals surface area (Å²) in [6.07, 6.45) is 3.31. The molecule has 0 saturated carbocycles. The van der Waals surface area contributed by atoms with Gasteiger partial charge in [-0.05, 0) is 65.8 Å². The minimum atomic E-state index is -3.87. The van der Waals surface area contributed by atoms with Crippen LogP contribution in [0.15, 0.2) is 47.6 Å².